The Bertz CT molecular complexity index is 554. The third-order valence-corrected chi connectivity index (χ3v) is 4.41. The van der Waals surface area contributed by atoms with Crippen LogP contribution in [0.2, 0.25) is 0 Å². The molecule has 2 atom stereocenters. The lowest BCUT2D eigenvalue weighted by Gasteiger charge is -2.39. The maximum atomic E-state index is 5.96. The van der Waals surface area contributed by atoms with Crippen molar-refractivity contribution in [3.63, 3.8) is 0 Å². The van der Waals surface area contributed by atoms with Gasteiger partial charge in [0.1, 0.15) is 5.58 Å². The van der Waals surface area contributed by atoms with Crippen LogP contribution >= 0.6 is 12.4 Å². The number of rotatable bonds is 3. The van der Waals surface area contributed by atoms with E-state index in [1.807, 2.05) is 18.4 Å². The van der Waals surface area contributed by atoms with Crippen molar-refractivity contribution in [3.8, 4) is 0 Å². The molecule has 0 saturated carbocycles. The first kappa shape index (κ1) is 15.4. The number of hydrogen-bond donors (Lipinski definition) is 1. The average Bonchev–Trinajstić information content (AvgIpc) is 2.83. The summed E-state index contributed by atoms with van der Waals surface area (Å²) >= 11 is 0. The maximum Gasteiger partial charge on any atom is 0.134 e. The van der Waals surface area contributed by atoms with E-state index in [4.69, 9.17) is 10.2 Å². The van der Waals surface area contributed by atoms with Crippen LogP contribution in [0.3, 0.4) is 0 Å². The molecule has 1 saturated heterocycles. The summed E-state index contributed by atoms with van der Waals surface area (Å²) in [7, 11) is 0. The normalized spacial score (nSPS) is 23.7. The molecule has 2 heterocycles. The van der Waals surface area contributed by atoms with Gasteiger partial charge in [0.05, 0.1) is 6.26 Å². The third kappa shape index (κ3) is 2.85. The molecular weight excluding hydrogens is 272 g/mol. The molecule has 1 aromatic carbocycles. The molecular formula is C16H23ClN2O. The summed E-state index contributed by atoms with van der Waals surface area (Å²) in [6.07, 6.45) is 4.47. The zero-order valence-corrected chi connectivity index (χ0v) is 12.7. The van der Waals surface area contributed by atoms with Gasteiger partial charge in [0, 0.05) is 30.1 Å². The van der Waals surface area contributed by atoms with E-state index in [-0.39, 0.29) is 12.4 Å². The lowest BCUT2D eigenvalue weighted by molar-refractivity contribution is 0.0992. The van der Waals surface area contributed by atoms with Crippen LogP contribution in [0, 0.1) is 5.92 Å². The smallest absolute Gasteiger partial charge is 0.134 e. The van der Waals surface area contributed by atoms with Gasteiger partial charge in [-0.1, -0.05) is 25.1 Å². The first-order chi connectivity index (χ1) is 9.29. The monoisotopic (exact) mass is 294 g/mol. The zero-order valence-electron chi connectivity index (χ0n) is 11.9. The molecule has 1 fully saturated rings. The predicted molar refractivity (Wildman–Crippen MR) is 85.1 cm³/mol. The predicted octanol–water partition coefficient (Wildman–Crippen LogP) is 3.41. The Kier molecular flexibility index (Phi) is 5.08. The summed E-state index contributed by atoms with van der Waals surface area (Å²) in [6, 6.07) is 8.75. The largest absolute Gasteiger partial charge is 0.464 e. The SMILES string of the molecule is CC1CCCN(Cc2coc3ccccc23)C1CN.Cl. The number of fused-ring (bicyclic) bond motifs is 1. The van der Waals surface area contributed by atoms with Crippen LogP contribution < -0.4 is 5.73 Å². The van der Waals surface area contributed by atoms with Gasteiger partial charge in [0.2, 0.25) is 0 Å². The molecule has 1 aromatic heterocycles. The van der Waals surface area contributed by atoms with E-state index in [1.165, 1.54) is 23.8 Å². The molecule has 20 heavy (non-hydrogen) atoms. The number of furan rings is 1. The van der Waals surface area contributed by atoms with Crippen molar-refractivity contribution in [3.05, 3.63) is 36.1 Å². The van der Waals surface area contributed by atoms with Crippen molar-refractivity contribution in [1.82, 2.24) is 4.90 Å². The van der Waals surface area contributed by atoms with Gasteiger partial charge in [-0.15, -0.1) is 12.4 Å². The summed E-state index contributed by atoms with van der Waals surface area (Å²) in [6.45, 7) is 5.16. The van der Waals surface area contributed by atoms with E-state index in [2.05, 4.69) is 24.0 Å². The van der Waals surface area contributed by atoms with Crippen LogP contribution in [-0.2, 0) is 6.54 Å². The topological polar surface area (TPSA) is 42.4 Å². The van der Waals surface area contributed by atoms with Gasteiger partial charge in [-0.25, -0.2) is 0 Å². The summed E-state index contributed by atoms with van der Waals surface area (Å²) in [5.74, 6) is 0.692. The molecule has 0 spiro atoms. The number of nitrogens with two attached hydrogens (primary N) is 1. The first-order valence-electron chi connectivity index (χ1n) is 7.19. The van der Waals surface area contributed by atoms with Crippen LogP contribution in [0.25, 0.3) is 11.0 Å². The molecule has 1 aliphatic heterocycles. The first-order valence-corrected chi connectivity index (χ1v) is 7.19. The molecule has 2 aromatic rings. The summed E-state index contributed by atoms with van der Waals surface area (Å²) < 4.78 is 5.63. The number of halogens is 1. The fraction of sp³-hybridized carbons (Fsp3) is 0.500. The summed E-state index contributed by atoms with van der Waals surface area (Å²) in [5.41, 5.74) is 8.22. The molecule has 2 unspecified atom stereocenters. The number of benzene rings is 1. The van der Waals surface area contributed by atoms with Crippen molar-refractivity contribution in [1.29, 1.82) is 0 Å². The number of para-hydroxylation sites is 1. The fourth-order valence-electron chi connectivity index (χ4n) is 3.29. The molecule has 0 bridgehead atoms. The lowest BCUT2D eigenvalue weighted by Crippen LogP contribution is -2.47. The van der Waals surface area contributed by atoms with E-state index in [0.29, 0.717) is 12.0 Å². The minimum absolute atomic E-state index is 0. The third-order valence-electron chi connectivity index (χ3n) is 4.41. The van der Waals surface area contributed by atoms with Crippen LogP contribution in [-0.4, -0.2) is 24.0 Å². The second-order valence-electron chi connectivity index (χ2n) is 5.65. The minimum atomic E-state index is 0. The van der Waals surface area contributed by atoms with Gasteiger partial charge in [-0.05, 0) is 31.4 Å². The van der Waals surface area contributed by atoms with Crippen LogP contribution in [0.1, 0.15) is 25.3 Å². The van der Waals surface area contributed by atoms with Gasteiger partial charge in [0.15, 0.2) is 0 Å². The second kappa shape index (κ2) is 6.61. The van der Waals surface area contributed by atoms with Crippen molar-refractivity contribution in [2.24, 2.45) is 11.7 Å². The van der Waals surface area contributed by atoms with E-state index < -0.39 is 0 Å². The molecule has 4 heteroatoms. The number of nitrogens with zero attached hydrogens (tertiary/aromatic N) is 1. The quantitative estimate of drug-likeness (QED) is 0.943. The number of piperidine rings is 1. The fourth-order valence-corrected chi connectivity index (χ4v) is 3.29. The molecule has 3 rings (SSSR count). The summed E-state index contributed by atoms with van der Waals surface area (Å²) in [4.78, 5) is 2.52. The van der Waals surface area contributed by atoms with E-state index in [0.717, 1.165) is 25.2 Å². The second-order valence-corrected chi connectivity index (χ2v) is 5.65. The lowest BCUT2D eigenvalue weighted by atomic mass is 9.90. The molecule has 3 nitrogen and oxygen atoms in total. The van der Waals surface area contributed by atoms with Gasteiger partial charge >= 0.3 is 0 Å². The highest BCUT2D eigenvalue weighted by atomic mass is 35.5. The highest BCUT2D eigenvalue weighted by Gasteiger charge is 2.27. The van der Waals surface area contributed by atoms with Crippen molar-refractivity contribution < 1.29 is 4.42 Å². The molecule has 1 aliphatic rings. The van der Waals surface area contributed by atoms with Gasteiger partial charge in [-0.2, -0.15) is 0 Å². The Hall–Kier alpha value is -1.03. The van der Waals surface area contributed by atoms with Crippen molar-refractivity contribution in [2.75, 3.05) is 13.1 Å². The van der Waals surface area contributed by atoms with Crippen molar-refractivity contribution >= 4 is 23.4 Å². The summed E-state index contributed by atoms with van der Waals surface area (Å²) in [5, 5.41) is 1.23. The van der Waals surface area contributed by atoms with Crippen LogP contribution in [0.15, 0.2) is 34.9 Å². The molecule has 2 N–H and O–H groups in total. The van der Waals surface area contributed by atoms with Crippen molar-refractivity contribution in [2.45, 2.75) is 32.4 Å². The van der Waals surface area contributed by atoms with E-state index in [9.17, 15) is 0 Å². The van der Waals surface area contributed by atoms with Gasteiger partial charge in [-0.3, -0.25) is 4.90 Å². The van der Waals surface area contributed by atoms with E-state index in [1.54, 1.807) is 0 Å². The Morgan fingerprint density at radius 2 is 2.15 bits per heavy atom. The standard InChI is InChI=1S/C16H22N2O.ClH/c1-12-5-4-8-18(15(12)9-17)10-13-11-19-16-7-3-2-6-14(13)16;/h2-3,6-7,11-12,15H,4-5,8-10,17H2,1H3;1H. The van der Waals surface area contributed by atoms with Gasteiger partial charge in [0.25, 0.3) is 0 Å². The Morgan fingerprint density at radius 1 is 1.35 bits per heavy atom. The highest BCUT2D eigenvalue weighted by Crippen LogP contribution is 2.27. The minimum Gasteiger partial charge on any atom is -0.464 e. The molecule has 0 aliphatic carbocycles. The Morgan fingerprint density at radius 3 is 2.95 bits per heavy atom. The highest BCUT2D eigenvalue weighted by molar-refractivity contribution is 5.85. The van der Waals surface area contributed by atoms with Crippen LogP contribution in [0.5, 0.6) is 0 Å². The maximum absolute atomic E-state index is 5.96. The molecule has 0 amide bonds. The van der Waals surface area contributed by atoms with Crippen LogP contribution in [0.4, 0.5) is 0 Å². The Labute approximate surface area is 126 Å². The Balaban J connectivity index is 0.00000147. The van der Waals surface area contributed by atoms with E-state index >= 15 is 0 Å². The zero-order chi connectivity index (χ0) is 13.2. The molecule has 0 radical (unpaired) electrons. The molecule has 110 valence electrons. The average molecular weight is 295 g/mol. The van der Waals surface area contributed by atoms with Gasteiger partial charge < -0.3 is 10.2 Å². The number of likely N-dealkylation sites (tertiary alicyclic amines) is 1. The number of hydrogen-bond acceptors (Lipinski definition) is 3.